The van der Waals surface area contributed by atoms with Gasteiger partial charge in [-0.15, -0.1) is 0 Å². The Bertz CT molecular complexity index is 707. The van der Waals surface area contributed by atoms with Crippen molar-refractivity contribution in [3.05, 3.63) is 83.1 Å². The molecule has 3 nitrogen and oxygen atoms in total. The molecular weight excluding hydrogens is 298 g/mol. The van der Waals surface area contributed by atoms with E-state index in [9.17, 15) is 4.79 Å². The van der Waals surface area contributed by atoms with Gasteiger partial charge in [-0.3, -0.25) is 0 Å². The van der Waals surface area contributed by atoms with E-state index in [1.165, 1.54) is 5.56 Å². The van der Waals surface area contributed by atoms with Crippen molar-refractivity contribution in [2.45, 2.75) is 38.8 Å². The smallest absolute Gasteiger partial charge is 0.336 e. The highest BCUT2D eigenvalue weighted by Gasteiger charge is 2.23. The van der Waals surface area contributed by atoms with E-state index >= 15 is 0 Å². The number of benzene rings is 2. The standard InChI is InChI=1S/C21H23NO2/c1-16(18-11-6-3-7-12-18)22-20-14-8-13-19(20)21(23)24-15-17-9-4-2-5-10-17/h2-7,9-12,16,22H,8,13-15H2,1H3/t16-/m1/s1. The lowest BCUT2D eigenvalue weighted by atomic mass is 10.1. The van der Waals surface area contributed by atoms with Gasteiger partial charge in [0.05, 0.1) is 5.57 Å². The Morgan fingerprint density at radius 3 is 2.42 bits per heavy atom. The summed E-state index contributed by atoms with van der Waals surface area (Å²) >= 11 is 0. The van der Waals surface area contributed by atoms with Gasteiger partial charge in [0.25, 0.3) is 0 Å². The maximum absolute atomic E-state index is 12.4. The van der Waals surface area contributed by atoms with Crippen molar-refractivity contribution in [3.63, 3.8) is 0 Å². The number of esters is 1. The summed E-state index contributed by atoms with van der Waals surface area (Å²) in [6.07, 6.45) is 2.70. The highest BCUT2D eigenvalue weighted by atomic mass is 16.5. The van der Waals surface area contributed by atoms with E-state index in [1.54, 1.807) is 0 Å². The van der Waals surface area contributed by atoms with Gasteiger partial charge >= 0.3 is 5.97 Å². The molecule has 124 valence electrons. The first-order chi connectivity index (χ1) is 11.7. The van der Waals surface area contributed by atoms with Crippen LogP contribution < -0.4 is 5.32 Å². The molecule has 2 aromatic carbocycles. The van der Waals surface area contributed by atoms with E-state index in [1.807, 2.05) is 48.5 Å². The van der Waals surface area contributed by atoms with Crippen LogP contribution in [0.15, 0.2) is 71.9 Å². The summed E-state index contributed by atoms with van der Waals surface area (Å²) in [5.74, 6) is -0.195. The average molecular weight is 321 g/mol. The first-order valence-corrected chi connectivity index (χ1v) is 8.48. The number of ether oxygens (including phenoxy) is 1. The van der Waals surface area contributed by atoms with Crippen LogP contribution in [0.1, 0.15) is 43.4 Å². The Hall–Kier alpha value is -2.55. The molecule has 1 atom stereocenters. The quantitative estimate of drug-likeness (QED) is 0.795. The van der Waals surface area contributed by atoms with Crippen molar-refractivity contribution >= 4 is 5.97 Å². The molecule has 2 aromatic rings. The SMILES string of the molecule is C[C@@H](NC1=C(C(=O)OCc2ccccc2)CCC1)c1ccccc1. The highest BCUT2D eigenvalue weighted by molar-refractivity contribution is 5.89. The third kappa shape index (κ3) is 4.05. The fourth-order valence-corrected chi connectivity index (χ4v) is 3.02. The van der Waals surface area contributed by atoms with Crippen molar-refractivity contribution in [3.8, 4) is 0 Å². The van der Waals surface area contributed by atoms with Gasteiger partial charge in [0.2, 0.25) is 0 Å². The van der Waals surface area contributed by atoms with Crippen LogP contribution in [-0.4, -0.2) is 5.97 Å². The fourth-order valence-electron chi connectivity index (χ4n) is 3.02. The first kappa shape index (κ1) is 16.3. The zero-order chi connectivity index (χ0) is 16.8. The molecule has 0 unspecified atom stereocenters. The average Bonchev–Trinajstić information content (AvgIpc) is 3.09. The lowest BCUT2D eigenvalue weighted by Crippen LogP contribution is -2.20. The van der Waals surface area contributed by atoms with Crippen LogP contribution in [0.25, 0.3) is 0 Å². The Kier molecular flexibility index (Phi) is 5.32. The predicted molar refractivity (Wildman–Crippen MR) is 95.1 cm³/mol. The molecule has 0 amide bonds. The normalized spacial score (nSPS) is 15.2. The molecule has 0 saturated carbocycles. The Morgan fingerprint density at radius 1 is 1.04 bits per heavy atom. The summed E-state index contributed by atoms with van der Waals surface area (Å²) in [7, 11) is 0. The van der Waals surface area contributed by atoms with Crippen LogP contribution >= 0.6 is 0 Å². The van der Waals surface area contributed by atoms with Crippen LogP contribution in [0, 0.1) is 0 Å². The van der Waals surface area contributed by atoms with Gasteiger partial charge in [-0.05, 0) is 37.3 Å². The van der Waals surface area contributed by atoms with E-state index < -0.39 is 0 Å². The van der Waals surface area contributed by atoms with E-state index in [4.69, 9.17) is 4.74 Å². The van der Waals surface area contributed by atoms with Crippen LogP contribution in [0.4, 0.5) is 0 Å². The Labute approximate surface area is 143 Å². The third-order valence-electron chi connectivity index (χ3n) is 4.37. The van der Waals surface area contributed by atoms with Crippen LogP contribution in [0.5, 0.6) is 0 Å². The second-order valence-corrected chi connectivity index (χ2v) is 6.15. The molecule has 0 radical (unpaired) electrons. The van der Waals surface area contributed by atoms with E-state index in [0.29, 0.717) is 6.61 Å². The van der Waals surface area contributed by atoms with Crippen LogP contribution in [0.3, 0.4) is 0 Å². The lowest BCUT2D eigenvalue weighted by molar-refractivity contribution is -0.140. The summed E-state index contributed by atoms with van der Waals surface area (Å²) in [6.45, 7) is 2.44. The van der Waals surface area contributed by atoms with Gasteiger partial charge in [0, 0.05) is 11.7 Å². The maximum atomic E-state index is 12.4. The van der Waals surface area contributed by atoms with E-state index in [0.717, 1.165) is 36.1 Å². The summed E-state index contributed by atoms with van der Waals surface area (Å²) in [4.78, 5) is 12.4. The minimum atomic E-state index is -0.195. The molecule has 0 saturated heterocycles. The second-order valence-electron chi connectivity index (χ2n) is 6.15. The minimum absolute atomic E-state index is 0.177. The fraction of sp³-hybridized carbons (Fsp3) is 0.286. The third-order valence-corrected chi connectivity index (χ3v) is 4.37. The molecule has 0 spiro atoms. The molecule has 24 heavy (non-hydrogen) atoms. The Balaban J connectivity index is 1.64. The van der Waals surface area contributed by atoms with Crippen LogP contribution in [-0.2, 0) is 16.1 Å². The number of hydrogen-bond donors (Lipinski definition) is 1. The summed E-state index contributed by atoms with van der Waals surface area (Å²) in [6, 6.07) is 20.2. The number of rotatable bonds is 6. The first-order valence-electron chi connectivity index (χ1n) is 8.48. The highest BCUT2D eigenvalue weighted by Crippen LogP contribution is 2.28. The zero-order valence-corrected chi connectivity index (χ0v) is 14.0. The van der Waals surface area contributed by atoms with Gasteiger partial charge in [-0.2, -0.15) is 0 Å². The topological polar surface area (TPSA) is 38.3 Å². The van der Waals surface area contributed by atoms with Crippen LogP contribution in [0.2, 0.25) is 0 Å². The lowest BCUT2D eigenvalue weighted by Gasteiger charge is -2.18. The number of carbonyl (C=O) groups is 1. The monoisotopic (exact) mass is 321 g/mol. The molecule has 1 aliphatic carbocycles. The molecular formula is C21H23NO2. The van der Waals surface area contributed by atoms with E-state index in [2.05, 4.69) is 24.4 Å². The maximum Gasteiger partial charge on any atom is 0.336 e. The molecule has 0 aromatic heterocycles. The van der Waals surface area contributed by atoms with Gasteiger partial charge in [0.1, 0.15) is 6.61 Å². The van der Waals surface area contributed by atoms with Crippen molar-refractivity contribution in [2.75, 3.05) is 0 Å². The summed E-state index contributed by atoms with van der Waals surface area (Å²) in [5.41, 5.74) is 4.06. The van der Waals surface area contributed by atoms with Gasteiger partial charge in [-0.1, -0.05) is 60.7 Å². The molecule has 3 rings (SSSR count). The number of allylic oxidation sites excluding steroid dienone is 1. The van der Waals surface area contributed by atoms with Gasteiger partial charge in [-0.25, -0.2) is 4.79 Å². The zero-order valence-electron chi connectivity index (χ0n) is 14.0. The van der Waals surface area contributed by atoms with Crippen molar-refractivity contribution in [2.24, 2.45) is 0 Å². The molecule has 0 heterocycles. The molecule has 0 aliphatic heterocycles. The summed E-state index contributed by atoms with van der Waals surface area (Å²) in [5, 5.41) is 3.50. The molecule has 0 fully saturated rings. The van der Waals surface area contributed by atoms with Gasteiger partial charge in [0.15, 0.2) is 0 Å². The van der Waals surface area contributed by atoms with Crippen molar-refractivity contribution in [1.82, 2.24) is 5.32 Å². The number of hydrogen-bond acceptors (Lipinski definition) is 3. The Morgan fingerprint density at radius 2 is 1.71 bits per heavy atom. The number of nitrogens with one attached hydrogen (secondary N) is 1. The summed E-state index contributed by atoms with van der Waals surface area (Å²) < 4.78 is 5.49. The number of carbonyl (C=O) groups excluding carboxylic acids is 1. The second kappa shape index (κ2) is 7.82. The van der Waals surface area contributed by atoms with Gasteiger partial charge < -0.3 is 10.1 Å². The molecule has 1 N–H and O–H groups in total. The van der Waals surface area contributed by atoms with Crippen molar-refractivity contribution in [1.29, 1.82) is 0 Å². The van der Waals surface area contributed by atoms with E-state index in [-0.39, 0.29) is 12.0 Å². The largest absolute Gasteiger partial charge is 0.457 e. The van der Waals surface area contributed by atoms with Crippen molar-refractivity contribution < 1.29 is 9.53 Å². The predicted octanol–water partition coefficient (Wildman–Crippen LogP) is 4.52. The molecule has 0 bridgehead atoms. The minimum Gasteiger partial charge on any atom is -0.457 e. The molecule has 1 aliphatic rings. The molecule has 3 heteroatoms.